The predicted octanol–water partition coefficient (Wildman–Crippen LogP) is 1.48. The summed E-state index contributed by atoms with van der Waals surface area (Å²) in [5.74, 6) is -0.848. The molecular weight excluding hydrogens is 287 g/mol. The Hall–Kier alpha value is -1.96. The zero-order valence-corrected chi connectivity index (χ0v) is 11.1. The van der Waals surface area contributed by atoms with Gasteiger partial charge in [-0.2, -0.15) is 4.98 Å². The fraction of sp³-hybridized carbons (Fsp3) is 0.333. The first-order valence-electron chi connectivity index (χ1n) is 5.97. The summed E-state index contributed by atoms with van der Waals surface area (Å²) in [5.41, 5.74) is 0.0717. The minimum atomic E-state index is -3.04. The number of nitrogens with zero attached hydrogens (tertiary/aromatic N) is 2. The smallest absolute Gasteiger partial charge is 0.260 e. The number of rotatable bonds is 2. The maximum atomic E-state index is 13.7. The fourth-order valence-corrected chi connectivity index (χ4v) is 3.93. The van der Waals surface area contributed by atoms with Gasteiger partial charge in [0, 0.05) is 12.0 Å². The van der Waals surface area contributed by atoms with E-state index in [4.69, 9.17) is 9.63 Å². The number of aromatic nitrogens is 2. The number of sulfone groups is 1. The Morgan fingerprint density at radius 3 is 2.85 bits per heavy atom. The lowest BCUT2D eigenvalue weighted by Gasteiger charge is -1.99. The first kappa shape index (κ1) is 13.0. The Morgan fingerprint density at radius 1 is 1.40 bits per heavy atom. The molecule has 2 heterocycles. The van der Waals surface area contributed by atoms with E-state index >= 15 is 0 Å². The van der Waals surface area contributed by atoms with Crippen LogP contribution in [0.25, 0.3) is 11.5 Å². The molecule has 8 heteroatoms. The summed E-state index contributed by atoms with van der Waals surface area (Å²) in [6.45, 7) is 0. The second-order valence-corrected chi connectivity index (χ2v) is 6.95. The summed E-state index contributed by atoms with van der Waals surface area (Å²) in [6.07, 6.45) is 0.444. The summed E-state index contributed by atoms with van der Waals surface area (Å²) in [5, 5.41) is 12.9. The topological polar surface area (TPSA) is 93.3 Å². The molecule has 1 aromatic heterocycles. The highest BCUT2D eigenvalue weighted by atomic mass is 32.2. The predicted molar refractivity (Wildman–Crippen MR) is 67.4 cm³/mol. The van der Waals surface area contributed by atoms with E-state index in [-0.39, 0.29) is 40.5 Å². The van der Waals surface area contributed by atoms with Crippen molar-refractivity contribution in [1.82, 2.24) is 10.1 Å². The minimum absolute atomic E-state index is 0.00989. The van der Waals surface area contributed by atoms with E-state index in [0.29, 0.717) is 6.42 Å². The molecule has 3 rings (SSSR count). The fourth-order valence-electron chi connectivity index (χ4n) is 2.19. The quantitative estimate of drug-likeness (QED) is 0.902. The molecule has 0 spiro atoms. The lowest BCUT2D eigenvalue weighted by atomic mass is 10.1. The molecule has 0 radical (unpaired) electrons. The maximum Gasteiger partial charge on any atom is 0.260 e. The number of hydrogen-bond donors (Lipinski definition) is 1. The van der Waals surface area contributed by atoms with Crippen molar-refractivity contribution in [3.63, 3.8) is 0 Å². The standard InChI is InChI=1S/C12H11FN2O4S/c13-10-5-8(16)1-2-9(10)12-14-11(15-19-12)7-3-4-20(17,18)6-7/h1-2,5,7,16H,3-4,6H2. The van der Waals surface area contributed by atoms with Gasteiger partial charge < -0.3 is 9.63 Å². The molecule has 20 heavy (non-hydrogen) atoms. The van der Waals surface area contributed by atoms with E-state index in [1.807, 2.05) is 0 Å². The van der Waals surface area contributed by atoms with Crippen molar-refractivity contribution < 1.29 is 22.4 Å². The molecule has 1 aliphatic rings. The van der Waals surface area contributed by atoms with Gasteiger partial charge >= 0.3 is 0 Å². The van der Waals surface area contributed by atoms with Crippen molar-refractivity contribution >= 4 is 9.84 Å². The van der Waals surface area contributed by atoms with Crippen LogP contribution in [0.15, 0.2) is 22.7 Å². The van der Waals surface area contributed by atoms with Gasteiger partial charge in [0.15, 0.2) is 15.7 Å². The summed E-state index contributed by atoms with van der Waals surface area (Å²) >= 11 is 0. The summed E-state index contributed by atoms with van der Waals surface area (Å²) < 4.78 is 41.5. The molecule has 6 nitrogen and oxygen atoms in total. The third-order valence-corrected chi connectivity index (χ3v) is 4.99. The van der Waals surface area contributed by atoms with Crippen molar-refractivity contribution in [3.05, 3.63) is 29.8 Å². The van der Waals surface area contributed by atoms with Crippen LogP contribution < -0.4 is 0 Å². The number of halogens is 1. The Morgan fingerprint density at radius 2 is 2.20 bits per heavy atom. The molecule has 1 fully saturated rings. The number of phenolic OH excluding ortho intramolecular Hbond substituents is 1. The van der Waals surface area contributed by atoms with Crippen LogP contribution >= 0.6 is 0 Å². The Labute approximate surface area is 114 Å². The van der Waals surface area contributed by atoms with E-state index in [9.17, 15) is 12.8 Å². The van der Waals surface area contributed by atoms with Crippen LogP contribution in [0, 0.1) is 5.82 Å². The Balaban J connectivity index is 1.91. The largest absolute Gasteiger partial charge is 0.508 e. The Kier molecular flexibility index (Phi) is 2.97. The third kappa shape index (κ3) is 2.38. The van der Waals surface area contributed by atoms with Crippen LogP contribution in [0.3, 0.4) is 0 Å². The lowest BCUT2D eigenvalue weighted by Crippen LogP contribution is -2.05. The van der Waals surface area contributed by atoms with Gasteiger partial charge in [0.25, 0.3) is 5.89 Å². The zero-order valence-electron chi connectivity index (χ0n) is 10.3. The van der Waals surface area contributed by atoms with E-state index < -0.39 is 15.7 Å². The van der Waals surface area contributed by atoms with Crippen molar-refractivity contribution in [1.29, 1.82) is 0 Å². The molecule has 1 N–H and O–H groups in total. The molecule has 1 aromatic carbocycles. The highest BCUT2D eigenvalue weighted by Gasteiger charge is 2.32. The second-order valence-electron chi connectivity index (χ2n) is 4.72. The van der Waals surface area contributed by atoms with Crippen LogP contribution in [-0.4, -0.2) is 35.2 Å². The molecule has 1 unspecified atom stereocenters. The van der Waals surface area contributed by atoms with E-state index in [1.54, 1.807) is 0 Å². The van der Waals surface area contributed by atoms with Gasteiger partial charge in [-0.05, 0) is 18.6 Å². The first-order chi connectivity index (χ1) is 9.44. The summed E-state index contributed by atoms with van der Waals surface area (Å²) in [6, 6.07) is 3.58. The average Bonchev–Trinajstić information content (AvgIpc) is 2.95. The summed E-state index contributed by atoms with van der Waals surface area (Å²) in [7, 11) is -3.04. The van der Waals surface area contributed by atoms with Gasteiger partial charge in [-0.1, -0.05) is 5.16 Å². The number of hydrogen-bond acceptors (Lipinski definition) is 6. The molecule has 1 aliphatic heterocycles. The van der Waals surface area contributed by atoms with Gasteiger partial charge in [0.05, 0.1) is 17.1 Å². The average molecular weight is 298 g/mol. The molecule has 0 amide bonds. The second kappa shape index (κ2) is 4.55. The van der Waals surface area contributed by atoms with Crippen LogP contribution in [0.5, 0.6) is 5.75 Å². The Bertz CT molecular complexity index is 757. The molecular formula is C12H11FN2O4S. The summed E-state index contributed by atoms with van der Waals surface area (Å²) in [4.78, 5) is 4.05. The normalized spacial score (nSPS) is 21.1. The zero-order chi connectivity index (χ0) is 14.3. The highest BCUT2D eigenvalue weighted by Crippen LogP contribution is 2.30. The molecule has 0 saturated carbocycles. The minimum Gasteiger partial charge on any atom is -0.508 e. The SMILES string of the molecule is O=S1(=O)CCC(c2noc(-c3ccc(O)cc3F)n2)C1. The van der Waals surface area contributed by atoms with Crippen molar-refractivity contribution in [2.75, 3.05) is 11.5 Å². The van der Waals surface area contributed by atoms with E-state index in [2.05, 4.69) is 10.1 Å². The van der Waals surface area contributed by atoms with Gasteiger partial charge in [-0.15, -0.1) is 0 Å². The maximum absolute atomic E-state index is 13.7. The van der Waals surface area contributed by atoms with Crippen molar-refractivity contribution in [3.8, 4) is 17.2 Å². The van der Waals surface area contributed by atoms with Crippen LogP contribution in [-0.2, 0) is 9.84 Å². The van der Waals surface area contributed by atoms with Crippen molar-refractivity contribution in [2.24, 2.45) is 0 Å². The number of aromatic hydroxyl groups is 1. The van der Waals surface area contributed by atoms with Crippen LogP contribution in [0.1, 0.15) is 18.2 Å². The first-order valence-corrected chi connectivity index (χ1v) is 7.80. The lowest BCUT2D eigenvalue weighted by molar-refractivity contribution is 0.415. The molecule has 2 aromatic rings. The molecule has 0 aliphatic carbocycles. The molecule has 0 bridgehead atoms. The molecule has 106 valence electrons. The number of phenols is 1. The van der Waals surface area contributed by atoms with Gasteiger partial charge in [0.2, 0.25) is 0 Å². The van der Waals surface area contributed by atoms with E-state index in [1.165, 1.54) is 12.1 Å². The van der Waals surface area contributed by atoms with Gasteiger partial charge in [-0.25, -0.2) is 12.8 Å². The van der Waals surface area contributed by atoms with Gasteiger partial charge in [-0.3, -0.25) is 0 Å². The van der Waals surface area contributed by atoms with Crippen LogP contribution in [0.2, 0.25) is 0 Å². The monoisotopic (exact) mass is 298 g/mol. The van der Waals surface area contributed by atoms with Crippen LogP contribution in [0.4, 0.5) is 4.39 Å². The van der Waals surface area contributed by atoms with Gasteiger partial charge in [0.1, 0.15) is 11.6 Å². The number of benzene rings is 1. The third-order valence-electron chi connectivity index (χ3n) is 3.22. The van der Waals surface area contributed by atoms with E-state index in [0.717, 1.165) is 6.07 Å². The highest BCUT2D eigenvalue weighted by molar-refractivity contribution is 7.91. The molecule has 1 atom stereocenters. The molecule has 1 saturated heterocycles. The van der Waals surface area contributed by atoms with Crippen molar-refractivity contribution in [2.45, 2.75) is 12.3 Å².